The van der Waals surface area contributed by atoms with E-state index in [0.29, 0.717) is 41.8 Å². The minimum Gasteiger partial charge on any atom is -0.507 e. The summed E-state index contributed by atoms with van der Waals surface area (Å²) in [6.45, 7) is 12.4. The molecular formula is C31H34BrN3O4. The van der Waals surface area contributed by atoms with Crippen LogP contribution in [0.2, 0.25) is 0 Å². The highest BCUT2D eigenvalue weighted by molar-refractivity contribution is 9.11. The molecule has 1 amide bonds. The fraction of sp³-hybridized carbons (Fsp3) is 0.258. The number of hydrogen-bond donors (Lipinski definition) is 2. The fourth-order valence-corrected chi connectivity index (χ4v) is 4.16. The van der Waals surface area contributed by atoms with Crippen LogP contribution in [0, 0.1) is 0 Å². The van der Waals surface area contributed by atoms with Crippen LogP contribution in [-0.4, -0.2) is 40.8 Å². The van der Waals surface area contributed by atoms with Gasteiger partial charge < -0.3 is 19.7 Å². The number of nitrogens with zero attached hydrogens (tertiary/aromatic N) is 2. The van der Waals surface area contributed by atoms with Gasteiger partial charge in [-0.15, -0.1) is 0 Å². The molecule has 1 aromatic heterocycles. The number of halogens is 1. The molecule has 8 heteroatoms. The molecule has 3 aromatic rings. The Labute approximate surface area is 237 Å². The van der Waals surface area contributed by atoms with Crippen molar-refractivity contribution in [3.63, 3.8) is 0 Å². The molecule has 0 aliphatic rings. The molecule has 0 aliphatic heterocycles. The van der Waals surface area contributed by atoms with Gasteiger partial charge in [-0.2, -0.15) is 0 Å². The Bertz CT molecular complexity index is 1500. The quantitative estimate of drug-likeness (QED) is 0.195. The Morgan fingerprint density at radius 3 is 2.59 bits per heavy atom. The van der Waals surface area contributed by atoms with Crippen molar-refractivity contribution in [2.24, 2.45) is 4.99 Å². The van der Waals surface area contributed by atoms with Crippen molar-refractivity contribution in [2.45, 2.75) is 40.2 Å². The summed E-state index contributed by atoms with van der Waals surface area (Å²) in [6.07, 6.45) is 4.21. The number of nitrogens with one attached hydrogen (secondary N) is 1. The van der Waals surface area contributed by atoms with Crippen molar-refractivity contribution in [2.75, 3.05) is 13.1 Å². The molecule has 3 rings (SSSR count). The van der Waals surface area contributed by atoms with Crippen LogP contribution in [0.15, 0.2) is 103 Å². The maximum Gasteiger partial charge on any atom is 0.289 e. The third-order valence-corrected chi connectivity index (χ3v) is 7.06. The maximum absolute atomic E-state index is 13.1. The van der Waals surface area contributed by atoms with E-state index in [4.69, 9.17) is 9.41 Å². The monoisotopic (exact) mass is 591 g/mol. The zero-order valence-corrected chi connectivity index (χ0v) is 24.3. The number of rotatable bonds is 11. The molecule has 2 N–H and O–H groups in total. The lowest BCUT2D eigenvalue weighted by atomic mass is 10.1. The molecule has 0 spiro atoms. The number of aromatic hydroxyl groups is 1. The second-order valence-corrected chi connectivity index (χ2v) is 10.0. The summed E-state index contributed by atoms with van der Waals surface area (Å²) < 4.78 is 6.51. The van der Waals surface area contributed by atoms with Gasteiger partial charge in [0.2, 0.25) is 0 Å². The second-order valence-electron chi connectivity index (χ2n) is 9.17. The van der Waals surface area contributed by atoms with Crippen LogP contribution in [0.3, 0.4) is 0 Å². The molecule has 1 heterocycles. The van der Waals surface area contributed by atoms with Gasteiger partial charge in [0.1, 0.15) is 11.3 Å². The number of fused-ring (bicyclic) bond motifs is 1. The maximum atomic E-state index is 13.1. The number of hydrogen-bond acceptors (Lipinski definition) is 6. The Kier molecular flexibility index (Phi) is 10.5. The summed E-state index contributed by atoms with van der Waals surface area (Å²) in [7, 11) is 0. The first-order valence-electron chi connectivity index (χ1n) is 12.8. The summed E-state index contributed by atoms with van der Waals surface area (Å²) in [6, 6.07) is 15.2. The van der Waals surface area contributed by atoms with Crippen LogP contribution >= 0.6 is 15.9 Å². The molecule has 204 valence electrons. The molecule has 1 unspecified atom stereocenters. The topological polar surface area (TPSA) is 95.1 Å². The number of benzene rings is 2. The molecule has 0 fully saturated rings. The molecule has 0 saturated heterocycles. The minimum atomic E-state index is -0.316. The smallest absolute Gasteiger partial charge is 0.289 e. The number of carbonyl (C=O) groups excluding carboxylic acids is 1. The van der Waals surface area contributed by atoms with E-state index >= 15 is 0 Å². The third-order valence-electron chi connectivity index (χ3n) is 6.17. The predicted molar refractivity (Wildman–Crippen MR) is 162 cm³/mol. The first-order chi connectivity index (χ1) is 18.6. The van der Waals surface area contributed by atoms with E-state index in [1.165, 1.54) is 6.07 Å². The van der Waals surface area contributed by atoms with Crippen molar-refractivity contribution in [3.05, 3.63) is 111 Å². The highest BCUT2D eigenvalue weighted by atomic mass is 79.9. The first-order valence-corrected chi connectivity index (χ1v) is 13.6. The lowest BCUT2D eigenvalue weighted by molar-refractivity contribution is 0.0728. The van der Waals surface area contributed by atoms with Gasteiger partial charge in [-0.25, -0.2) is 0 Å². The van der Waals surface area contributed by atoms with Gasteiger partial charge in [-0.3, -0.25) is 14.6 Å². The molecular weight excluding hydrogens is 558 g/mol. The minimum absolute atomic E-state index is 0.0221. The van der Waals surface area contributed by atoms with Crippen LogP contribution in [0.4, 0.5) is 0 Å². The first kappa shape index (κ1) is 29.6. The number of allylic oxidation sites excluding steroid dienone is 5. The number of para-hydroxylation sites is 2. The fourth-order valence-electron chi connectivity index (χ4n) is 4.07. The summed E-state index contributed by atoms with van der Waals surface area (Å²) >= 11 is 3.45. The number of amides is 1. The van der Waals surface area contributed by atoms with Crippen LogP contribution in [0.5, 0.6) is 5.75 Å². The molecule has 0 bridgehead atoms. The van der Waals surface area contributed by atoms with Crippen LogP contribution in [0.1, 0.15) is 50.2 Å². The van der Waals surface area contributed by atoms with Crippen molar-refractivity contribution in [1.82, 2.24) is 10.2 Å². The van der Waals surface area contributed by atoms with Crippen LogP contribution < -0.4 is 10.7 Å². The number of phenolic OH excluding ortho intramolecular Hbond substituents is 1. The number of aliphatic imine (C=N–C) groups is 1. The van der Waals surface area contributed by atoms with E-state index in [1.807, 2.05) is 45.9 Å². The van der Waals surface area contributed by atoms with Crippen molar-refractivity contribution in [1.29, 1.82) is 0 Å². The normalized spacial score (nSPS) is 13.6. The molecule has 1 atom stereocenters. The number of carbonyl (C=O) groups is 1. The standard InChI is InChI=1S/C31H34BrN3O4/c1-6-25(32)22(5)34-26(23-12-8-10-14-27(23)36)18-21(4)33-20(3)16-17-35(7-2)31(38)30-19-28(37)24-13-9-11-15-29(24)39-30/h6,8-15,18-20,33,36H,1,7,16-17H2,2-5H3/b21-18+,25-22-,34-26-. The van der Waals surface area contributed by atoms with E-state index < -0.39 is 0 Å². The Morgan fingerprint density at radius 2 is 1.90 bits per heavy atom. The van der Waals surface area contributed by atoms with Crippen LogP contribution in [0.25, 0.3) is 11.0 Å². The highest BCUT2D eigenvalue weighted by Crippen LogP contribution is 2.21. The van der Waals surface area contributed by atoms with E-state index in [2.05, 4.69) is 27.8 Å². The van der Waals surface area contributed by atoms with Gasteiger partial charge >= 0.3 is 0 Å². The van der Waals surface area contributed by atoms with Gasteiger partial charge in [0.25, 0.3) is 5.91 Å². The largest absolute Gasteiger partial charge is 0.507 e. The summed E-state index contributed by atoms with van der Waals surface area (Å²) in [4.78, 5) is 32.0. The van der Waals surface area contributed by atoms with Crippen molar-refractivity contribution < 1.29 is 14.3 Å². The average molecular weight is 593 g/mol. The SMILES string of the molecule is C=C/C(Br)=C(C)/N=C(/C=C(\C)NC(C)CCN(CC)C(=O)c1cc(=O)c2ccccc2o1)c1ccccc1O. The zero-order chi connectivity index (χ0) is 28.5. The zero-order valence-electron chi connectivity index (χ0n) is 22.7. The molecule has 2 aromatic carbocycles. The van der Waals surface area contributed by atoms with Gasteiger partial charge in [0.05, 0.1) is 16.8 Å². The summed E-state index contributed by atoms with van der Waals surface area (Å²) in [5.74, 6) is -0.146. The van der Waals surface area contributed by atoms with Gasteiger partial charge in [0, 0.05) is 40.9 Å². The Morgan fingerprint density at radius 1 is 1.21 bits per heavy atom. The van der Waals surface area contributed by atoms with E-state index in [9.17, 15) is 14.7 Å². The molecule has 0 radical (unpaired) electrons. The molecule has 0 aliphatic carbocycles. The van der Waals surface area contributed by atoms with Crippen molar-refractivity contribution in [3.8, 4) is 5.75 Å². The van der Waals surface area contributed by atoms with Gasteiger partial charge in [-0.1, -0.05) is 36.9 Å². The van der Waals surface area contributed by atoms with E-state index in [1.54, 1.807) is 47.4 Å². The Balaban J connectivity index is 1.73. The average Bonchev–Trinajstić information content (AvgIpc) is 2.92. The van der Waals surface area contributed by atoms with E-state index in [-0.39, 0.29) is 28.9 Å². The third kappa shape index (κ3) is 7.80. The van der Waals surface area contributed by atoms with Gasteiger partial charge in [0.15, 0.2) is 11.2 Å². The Hall–Kier alpha value is -3.91. The predicted octanol–water partition coefficient (Wildman–Crippen LogP) is 6.53. The summed E-state index contributed by atoms with van der Waals surface area (Å²) in [5, 5.41) is 14.3. The molecule has 39 heavy (non-hydrogen) atoms. The molecule has 0 saturated carbocycles. The highest BCUT2D eigenvalue weighted by Gasteiger charge is 2.19. The van der Waals surface area contributed by atoms with E-state index in [0.717, 1.165) is 15.9 Å². The lowest BCUT2D eigenvalue weighted by Crippen LogP contribution is -2.36. The van der Waals surface area contributed by atoms with Crippen LogP contribution in [-0.2, 0) is 0 Å². The summed E-state index contributed by atoms with van der Waals surface area (Å²) in [5.41, 5.74) is 2.93. The second kappa shape index (κ2) is 13.8. The van der Waals surface area contributed by atoms with Crippen molar-refractivity contribution >= 4 is 38.5 Å². The lowest BCUT2D eigenvalue weighted by Gasteiger charge is -2.23. The number of phenols is 1. The molecule has 7 nitrogen and oxygen atoms in total. The van der Waals surface area contributed by atoms with Gasteiger partial charge in [-0.05, 0) is 80.4 Å².